The first-order chi connectivity index (χ1) is 33.4. The fourth-order valence-electron chi connectivity index (χ4n) is 12.4. The van der Waals surface area contributed by atoms with Crippen molar-refractivity contribution >= 4 is 0 Å². The Balaban J connectivity index is 0.790. The highest BCUT2D eigenvalue weighted by Gasteiger charge is 2.39. The molecule has 0 saturated heterocycles. The van der Waals surface area contributed by atoms with Gasteiger partial charge in [-0.1, -0.05) is 217 Å². The lowest BCUT2D eigenvalue weighted by molar-refractivity contribution is 0.659. The van der Waals surface area contributed by atoms with Crippen LogP contribution in [0, 0.1) is 0 Å². The summed E-state index contributed by atoms with van der Waals surface area (Å²) in [7, 11) is 0. The Morgan fingerprint density at radius 2 is 0.420 bits per heavy atom. The average molecular weight is 883 g/mol. The van der Waals surface area contributed by atoms with Crippen LogP contribution in [0.2, 0.25) is 0 Å². The summed E-state index contributed by atoms with van der Waals surface area (Å²) in [6.07, 6.45) is 0. The highest BCUT2D eigenvalue weighted by Crippen LogP contribution is 2.55. The Labute approximate surface area is 407 Å². The van der Waals surface area contributed by atoms with Crippen LogP contribution in [0.1, 0.15) is 74.9 Å². The first-order valence-corrected chi connectivity index (χ1v) is 24.6. The Morgan fingerprint density at radius 1 is 0.174 bits per heavy atom. The molecule has 0 bridgehead atoms. The van der Waals surface area contributed by atoms with E-state index in [0.29, 0.717) is 0 Å². The number of fused-ring (bicyclic) bond motifs is 9. The van der Waals surface area contributed by atoms with Crippen molar-refractivity contribution in [2.75, 3.05) is 0 Å². The molecule has 0 N–H and O–H groups in total. The maximum Gasteiger partial charge on any atom is 0.0159 e. The molecule has 330 valence electrons. The molecule has 13 rings (SSSR count). The molecule has 0 amide bonds. The van der Waals surface area contributed by atoms with E-state index in [2.05, 4.69) is 260 Å². The van der Waals surface area contributed by atoms with E-state index in [1.165, 1.54) is 134 Å². The molecule has 0 aliphatic heterocycles. The Kier molecular flexibility index (Phi) is 9.06. The molecule has 0 heterocycles. The minimum atomic E-state index is -0.155. The van der Waals surface area contributed by atoms with Crippen LogP contribution in [-0.4, -0.2) is 0 Å². The predicted molar refractivity (Wildman–Crippen MR) is 292 cm³/mol. The van der Waals surface area contributed by atoms with Crippen molar-refractivity contribution in [3.8, 4) is 100 Å². The van der Waals surface area contributed by atoms with Crippen molar-refractivity contribution in [1.29, 1.82) is 0 Å². The molecule has 0 saturated carbocycles. The Hall–Kier alpha value is -7.80. The van der Waals surface area contributed by atoms with Gasteiger partial charge in [0.1, 0.15) is 0 Å². The van der Waals surface area contributed by atoms with E-state index in [1.807, 2.05) is 0 Å². The summed E-state index contributed by atoms with van der Waals surface area (Å²) in [6, 6.07) is 82.2. The van der Waals surface area contributed by atoms with Gasteiger partial charge in [0.25, 0.3) is 0 Å². The SMILES string of the molecule is CC1(C)c2cc(-c3ccccc3)ccc2-c2ccc(-c3ccc4c(c3)C(C)(C)c3cc(-c5ccc6c(c5)C(C)(C)c5cc(-c7cccc(-c8ccccc8-c8ccccc8)c7)ccc5-6)ccc3-4)cc21. The molecule has 0 heteroatoms. The molecule has 0 unspecified atom stereocenters. The van der Waals surface area contributed by atoms with Gasteiger partial charge in [0.05, 0.1) is 0 Å². The lowest BCUT2D eigenvalue weighted by Crippen LogP contribution is -2.16. The predicted octanol–water partition coefficient (Wildman–Crippen LogP) is 18.6. The van der Waals surface area contributed by atoms with Gasteiger partial charge < -0.3 is 0 Å². The molecule has 0 radical (unpaired) electrons. The van der Waals surface area contributed by atoms with Crippen LogP contribution < -0.4 is 0 Å². The van der Waals surface area contributed by atoms with Crippen molar-refractivity contribution in [2.24, 2.45) is 0 Å². The normalized spacial score (nSPS) is 14.9. The molecule has 0 aromatic heterocycles. The van der Waals surface area contributed by atoms with E-state index >= 15 is 0 Å². The molecular weight excluding hydrogens is 829 g/mol. The first kappa shape index (κ1) is 41.4. The van der Waals surface area contributed by atoms with Crippen LogP contribution in [0.5, 0.6) is 0 Å². The van der Waals surface area contributed by atoms with Gasteiger partial charge >= 0.3 is 0 Å². The highest BCUT2D eigenvalue weighted by atomic mass is 14.4. The van der Waals surface area contributed by atoms with Gasteiger partial charge in [-0.25, -0.2) is 0 Å². The summed E-state index contributed by atoms with van der Waals surface area (Å²) in [5.74, 6) is 0. The number of benzene rings is 10. The smallest absolute Gasteiger partial charge is 0.0159 e. The summed E-state index contributed by atoms with van der Waals surface area (Å²) >= 11 is 0. The quantitative estimate of drug-likeness (QED) is 0.156. The van der Waals surface area contributed by atoms with Gasteiger partial charge in [0, 0.05) is 16.2 Å². The van der Waals surface area contributed by atoms with Crippen molar-refractivity contribution in [3.63, 3.8) is 0 Å². The summed E-state index contributed by atoms with van der Waals surface area (Å²) in [6.45, 7) is 14.4. The van der Waals surface area contributed by atoms with Gasteiger partial charge in [0.2, 0.25) is 0 Å². The van der Waals surface area contributed by atoms with E-state index in [9.17, 15) is 0 Å². The molecule has 3 aliphatic carbocycles. The fourth-order valence-corrected chi connectivity index (χ4v) is 12.4. The second-order valence-electron chi connectivity index (χ2n) is 21.3. The maximum absolute atomic E-state index is 2.48. The molecule has 10 aromatic rings. The molecular formula is C69H54. The summed E-state index contributed by atoms with van der Waals surface area (Å²) < 4.78 is 0. The van der Waals surface area contributed by atoms with Crippen molar-refractivity contribution < 1.29 is 0 Å². The Bertz CT molecular complexity index is 3730. The molecule has 0 atom stereocenters. The number of hydrogen-bond donors (Lipinski definition) is 0. The Morgan fingerprint density at radius 3 is 0.768 bits per heavy atom. The standard InChI is InChI=1S/C69H54/c1-67(2)61-37-46(43-16-9-7-10-17-43)24-30-55(61)57-32-26-48(39-63(57)67)50-28-34-59-60-35-29-51(42-66(60)69(5,6)65(59)41-50)49-27-33-58-56-31-25-47(38-62(56)68(3,4)64(58)40-49)45-20-15-21-52(36-45)54-23-14-13-22-53(54)44-18-11-8-12-19-44/h7-42H,1-6H3. The largest absolute Gasteiger partial charge is 0.0622 e. The van der Waals surface area contributed by atoms with Crippen molar-refractivity contribution in [3.05, 3.63) is 252 Å². The molecule has 0 fully saturated rings. The van der Waals surface area contributed by atoms with Crippen LogP contribution in [0.15, 0.2) is 218 Å². The maximum atomic E-state index is 2.48. The summed E-state index contributed by atoms with van der Waals surface area (Å²) in [4.78, 5) is 0. The van der Waals surface area contributed by atoms with E-state index in [1.54, 1.807) is 0 Å². The van der Waals surface area contributed by atoms with Crippen LogP contribution in [0.4, 0.5) is 0 Å². The summed E-state index contributed by atoms with van der Waals surface area (Å²) in [5, 5.41) is 0. The monoisotopic (exact) mass is 882 g/mol. The minimum Gasteiger partial charge on any atom is -0.0622 e. The van der Waals surface area contributed by atoms with E-state index in [4.69, 9.17) is 0 Å². The number of hydrogen-bond acceptors (Lipinski definition) is 0. The topological polar surface area (TPSA) is 0 Å². The molecule has 0 spiro atoms. The van der Waals surface area contributed by atoms with Gasteiger partial charge in [-0.15, -0.1) is 0 Å². The first-order valence-electron chi connectivity index (χ1n) is 24.6. The minimum absolute atomic E-state index is 0.101. The molecule has 10 aromatic carbocycles. The third-order valence-corrected chi connectivity index (χ3v) is 16.3. The van der Waals surface area contributed by atoms with Crippen LogP contribution in [0.3, 0.4) is 0 Å². The summed E-state index contributed by atoms with van der Waals surface area (Å²) in [5.41, 5.74) is 31.1. The van der Waals surface area contributed by atoms with E-state index < -0.39 is 0 Å². The van der Waals surface area contributed by atoms with Gasteiger partial charge in [-0.05, 0) is 176 Å². The molecule has 0 nitrogen and oxygen atoms in total. The van der Waals surface area contributed by atoms with E-state index in [-0.39, 0.29) is 16.2 Å². The van der Waals surface area contributed by atoms with Crippen LogP contribution >= 0.6 is 0 Å². The van der Waals surface area contributed by atoms with E-state index in [0.717, 1.165) is 0 Å². The van der Waals surface area contributed by atoms with Crippen LogP contribution in [-0.2, 0) is 16.2 Å². The zero-order chi connectivity index (χ0) is 46.8. The molecule has 3 aliphatic rings. The third-order valence-electron chi connectivity index (χ3n) is 16.3. The lowest BCUT2D eigenvalue weighted by atomic mass is 9.79. The molecule has 69 heavy (non-hydrogen) atoms. The van der Waals surface area contributed by atoms with Gasteiger partial charge in [-0.2, -0.15) is 0 Å². The second-order valence-corrected chi connectivity index (χ2v) is 21.3. The van der Waals surface area contributed by atoms with Crippen molar-refractivity contribution in [1.82, 2.24) is 0 Å². The zero-order valence-electron chi connectivity index (χ0n) is 40.3. The van der Waals surface area contributed by atoms with Crippen LogP contribution in [0.25, 0.3) is 100 Å². The lowest BCUT2D eigenvalue weighted by Gasteiger charge is -2.24. The van der Waals surface area contributed by atoms with Gasteiger partial charge in [0.15, 0.2) is 0 Å². The third kappa shape index (κ3) is 6.35. The highest BCUT2D eigenvalue weighted by molar-refractivity contribution is 5.91. The fraction of sp³-hybridized carbons (Fsp3) is 0.130. The van der Waals surface area contributed by atoms with Crippen molar-refractivity contribution in [2.45, 2.75) is 57.8 Å². The second kappa shape index (κ2) is 15.1. The zero-order valence-corrected chi connectivity index (χ0v) is 40.3. The number of rotatable bonds is 6. The van der Waals surface area contributed by atoms with Gasteiger partial charge in [-0.3, -0.25) is 0 Å². The average Bonchev–Trinajstić information content (AvgIpc) is 3.87.